The summed E-state index contributed by atoms with van der Waals surface area (Å²) in [7, 11) is 0. The van der Waals surface area contributed by atoms with Gasteiger partial charge in [0, 0.05) is 12.5 Å². The summed E-state index contributed by atoms with van der Waals surface area (Å²) in [6.07, 6.45) is 8.05. The highest BCUT2D eigenvalue weighted by atomic mass is 16.2. The second-order valence-electron chi connectivity index (χ2n) is 7.13. The molecule has 0 aromatic carbocycles. The van der Waals surface area contributed by atoms with E-state index in [0.717, 1.165) is 23.7 Å². The highest BCUT2D eigenvalue weighted by Crippen LogP contribution is 2.53. The Kier molecular flexibility index (Phi) is 2.69. The highest BCUT2D eigenvalue weighted by Gasteiger charge is 2.49. The Bertz CT molecular complexity index is 392. The van der Waals surface area contributed by atoms with E-state index in [4.69, 9.17) is 0 Å². The average Bonchev–Trinajstić information content (AvgIpc) is 2.35. The minimum absolute atomic E-state index is 0.106. The summed E-state index contributed by atoms with van der Waals surface area (Å²) in [5.74, 6) is 3.26. The summed E-state index contributed by atoms with van der Waals surface area (Å²) in [5, 5.41) is 6.07. The maximum Gasteiger partial charge on any atom is 0.243 e. The van der Waals surface area contributed by atoms with E-state index in [1.165, 1.54) is 32.1 Å². The predicted molar refractivity (Wildman–Crippen MR) is 70.1 cm³/mol. The molecule has 0 radical (unpaired) electrons. The molecule has 4 bridgehead atoms. The van der Waals surface area contributed by atoms with Gasteiger partial charge < -0.3 is 5.32 Å². The summed E-state index contributed by atoms with van der Waals surface area (Å²) >= 11 is 0. The number of nitrogens with one attached hydrogen (secondary N) is 2. The molecule has 1 atom stereocenters. The van der Waals surface area contributed by atoms with E-state index in [1.807, 2.05) is 0 Å². The van der Waals surface area contributed by atoms with Crippen LogP contribution in [0.15, 0.2) is 0 Å². The van der Waals surface area contributed by atoms with Gasteiger partial charge in [-0.15, -0.1) is 0 Å². The van der Waals surface area contributed by atoms with Gasteiger partial charge in [0.1, 0.15) is 0 Å². The lowest BCUT2D eigenvalue weighted by Crippen LogP contribution is -2.60. The van der Waals surface area contributed by atoms with Gasteiger partial charge in [0.25, 0.3) is 0 Å². The van der Waals surface area contributed by atoms with Crippen LogP contribution in [0.3, 0.4) is 0 Å². The molecule has 2 amide bonds. The summed E-state index contributed by atoms with van der Waals surface area (Å²) in [4.78, 5) is 23.1. The third kappa shape index (κ3) is 2.00. The molecule has 1 heterocycles. The monoisotopic (exact) mass is 262 g/mol. The maximum atomic E-state index is 11.9. The molecule has 4 heteroatoms. The van der Waals surface area contributed by atoms with Crippen molar-refractivity contribution in [2.45, 2.75) is 57.0 Å². The number of amides is 2. The first-order chi connectivity index (χ1) is 9.19. The first kappa shape index (κ1) is 11.9. The fourth-order valence-corrected chi connectivity index (χ4v) is 5.28. The van der Waals surface area contributed by atoms with E-state index < -0.39 is 0 Å². The lowest BCUT2D eigenvalue weighted by atomic mass is 9.54. The molecule has 1 aliphatic heterocycles. The predicted octanol–water partition coefficient (Wildman–Crippen LogP) is 1.21. The molecule has 5 aliphatic rings. The van der Waals surface area contributed by atoms with Gasteiger partial charge in [0.15, 0.2) is 0 Å². The Balaban J connectivity index is 1.45. The number of hydrogen-bond donors (Lipinski definition) is 2. The lowest BCUT2D eigenvalue weighted by Gasteiger charge is -2.55. The van der Waals surface area contributed by atoms with Crippen molar-refractivity contribution in [1.29, 1.82) is 0 Å². The van der Waals surface area contributed by atoms with Crippen LogP contribution in [0, 0.1) is 23.7 Å². The second-order valence-corrected chi connectivity index (χ2v) is 7.13. The van der Waals surface area contributed by atoms with Gasteiger partial charge in [-0.05, 0) is 62.2 Å². The lowest BCUT2D eigenvalue weighted by molar-refractivity contribution is -0.135. The molecule has 5 rings (SSSR count). The van der Waals surface area contributed by atoms with Crippen LogP contribution in [-0.2, 0) is 9.59 Å². The zero-order chi connectivity index (χ0) is 13.0. The Morgan fingerprint density at radius 3 is 2.16 bits per heavy atom. The third-order valence-corrected chi connectivity index (χ3v) is 5.86. The molecule has 4 nitrogen and oxygen atoms in total. The van der Waals surface area contributed by atoms with E-state index in [1.54, 1.807) is 0 Å². The fourth-order valence-electron chi connectivity index (χ4n) is 5.28. The Hall–Kier alpha value is -0.900. The second kappa shape index (κ2) is 4.30. The van der Waals surface area contributed by atoms with Crippen molar-refractivity contribution in [2.24, 2.45) is 23.7 Å². The summed E-state index contributed by atoms with van der Waals surface area (Å²) in [5.41, 5.74) is 0. The summed E-state index contributed by atoms with van der Waals surface area (Å²) in [6, 6.07) is 0.386. The van der Waals surface area contributed by atoms with Crippen molar-refractivity contribution < 1.29 is 9.59 Å². The molecular weight excluding hydrogens is 240 g/mol. The molecule has 4 aliphatic carbocycles. The zero-order valence-electron chi connectivity index (χ0n) is 11.2. The number of carbonyl (C=O) groups is 2. The average molecular weight is 262 g/mol. The highest BCUT2D eigenvalue weighted by molar-refractivity contribution is 6.00. The molecule has 2 N–H and O–H groups in total. The van der Waals surface area contributed by atoms with E-state index in [9.17, 15) is 9.59 Å². The van der Waals surface area contributed by atoms with Gasteiger partial charge in [0.2, 0.25) is 11.8 Å². The molecule has 19 heavy (non-hydrogen) atoms. The summed E-state index contributed by atoms with van der Waals surface area (Å²) < 4.78 is 0. The quantitative estimate of drug-likeness (QED) is 0.735. The maximum absolute atomic E-state index is 11.9. The van der Waals surface area contributed by atoms with E-state index in [2.05, 4.69) is 10.6 Å². The Morgan fingerprint density at radius 1 is 0.947 bits per heavy atom. The molecule has 1 saturated heterocycles. The summed E-state index contributed by atoms with van der Waals surface area (Å²) in [6.45, 7) is 0. The Labute approximate surface area is 113 Å². The first-order valence-electron chi connectivity index (χ1n) is 7.79. The van der Waals surface area contributed by atoms with Crippen molar-refractivity contribution in [3.05, 3.63) is 0 Å². The minimum Gasteiger partial charge on any atom is -0.302 e. The SMILES string of the molecule is O=C1CCC(NC2C3CC4CC(C3)CC2C4)C(=O)N1. The van der Waals surface area contributed by atoms with Crippen molar-refractivity contribution in [3.8, 4) is 0 Å². The number of rotatable bonds is 2. The molecule has 0 aromatic heterocycles. The third-order valence-electron chi connectivity index (χ3n) is 5.86. The van der Waals surface area contributed by atoms with E-state index in [0.29, 0.717) is 18.9 Å². The van der Waals surface area contributed by atoms with Gasteiger partial charge in [-0.1, -0.05) is 0 Å². The van der Waals surface area contributed by atoms with Gasteiger partial charge in [-0.2, -0.15) is 0 Å². The smallest absolute Gasteiger partial charge is 0.243 e. The van der Waals surface area contributed by atoms with Crippen LogP contribution in [0.1, 0.15) is 44.9 Å². The van der Waals surface area contributed by atoms with E-state index >= 15 is 0 Å². The van der Waals surface area contributed by atoms with Gasteiger partial charge in [-0.25, -0.2) is 0 Å². The van der Waals surface area contributed by atoms with Crippen LogP contribution in [0.25, 0.3) is 0 Å². The Morgan fingerprint density at radius 2 is 1.58 bits per heavy atom. The van der Waals surface area contributed by atoms with Gasteiger partial charge >= 0.3 is 0 Å². The number of carbonyl (C=O) groups excluding carboxylic acids is 2. The largest absolute Gasteiger partial charge is 0.302 e. The molecular formula is C15H22N2O2. The van der Waals surface area contributed by atoms with Crippen LogP contribution in [0.2, 0.25) is 0 Å². The fraction of sp³-hybridized carbons (Fsp3) is 0.867. The zero-order valence-corrected chi connectivity index (χ0v) is 11.2. The van der Waals surface area contributed by atoms with Crippen molar-refractivity contribution >= 4 is 11.8 Å². The number of imide groups is 1. The standard InChI is InChI=1S/C15H22N2O2/c18-13-2-1-12(15(19)17-13)16-14-10-4-8-3-9(6-10)7-11(14)5-8/h8-12,14,16H,1-7H2,(H,17,18,19). The number of piperidine rings is 1. The van der Waals surface area contributed by atoms with Crippen LogP contribution in [-0.4, -0.2) is 23.9 Å². The van der Waals surface area contributed by atoms with Crippen LogP contribution >= 0.6 is 0 Å². The topological polar surface area (TPSA) is 58.2 Å². The molecule has 5 fully saturated rings. The molecule has 4 saturated carbocycles. The van der Waals surface area contributed by atoms with Crippen LogP contribution < -0.4 is 10.6 Å². The van der Waals surface area contributed by atoms with Gasteiger partial charge in [-0.3, -0.25) is 14.9 Å². The van der Waals surface area contributed by atoms with Gasteiger partial charge in [0.05, 0.1) is 6.04 Å². The minimum atomic E-state index is -0.139. The first-order valence-corrected chi connectivity index (χ1v) is 7.79. The molecule has 0 spiro atoms. The van der Waals surface area contributed by atoms with Crippen LogP contribution in [0.4, 0.5) is 0 Å². The van der Waals surface area contributed by atoms with Crippen LogP contribution in [0.5, 0.6) is 0 Å². The molecule has 1 unspecified atom stereocenters. The van der Waals surface area contributed by atoms with Crippen molar-refractivity contribution in [2.75, 3.05) is 0 Å². The van der Waals surface area contributed by atoms with Crippen molar-refractivity contribution in [1.82, 2.24) is 10.6 Å². The number of hydrogen-bond acceptors (Lipinski definition) is 3. The van der Waals surface area contributed by atoms with E-state index in [-0.39, 0.29) is 17.9 Å². The molecule has 104 valence electrons. The van der Waals surface area contributed by atoms with Crippen molar-refractivity contribution in [3.63, 3.8) is 0 Å². The molecule has 0 aromatic rings. The normalized spacial score (nSPS) is 48.4.